The number of halogens is 5. The predicted octanol–water partition coefficient (Wildman–Crippen LogP) is 7.03. The molecule has 1 saturated carbocycles. The van der Waals surface area contributed by atoms with E-state index in [4.69, 9.17) is 25.8 Å². The quantitative estimate of drug-likeness (QED) is 0.197. The number of methoxy groups -OCH3 is 1. The highest BCUT2D eigenvalue weighted by atomic mass is 35.5. The number of hydrogen-bond acceptors (Lipinski definition) is 7. The first-order valence-electron chi connectivity index (χ1n) is 14.6. The average molecular weight is 682 g/mol. The molecule has 0 saturated heterocycles. The van der Waals surface area contributed by atoms with Gasteiger partial charge in [0.25, 0.3) is 5.91 Å². The van der Waals surface area contributed by atoms with E-state index in [1.807, 2.05) is 0 Å². The van der Waals surface area contributed by atoms with E-state index >= 15 is 0 Å². The van der Waals surface area contributed by atoms with E-state index < -0.39 is 53.0 Å². The van der Waals surface area contributed by atoms with Crippen molar-refractivity contribution in [3.05, 3.63) is 76.2 Å². The molecule has 0 spiro atoms. The molecule has 0 bridgehead atoms. The molecular weight excluding hydrogens is 646 g/mol. The Morgan fingerprint density at radius 3 is 2.26 bits per heavy atom. The van der Waals surface area contributed by atoms with E-state index in [9.17, 15) is 32.3 Å². The number of carbonyl (C=O) groups excluding carboxylic acids is 2. The predicted molar refractivity (Wildman–Crippen MR) is 166 cm³/mol. The summed E-state index contributed by atoms with van der Waals surface area (Å²) in [5.74, 6) is -1.10. The highest BCUT2D eigenvalue weighted by Crippen LogP contribution is 2.41. The maximum Gasteiger partial charge on any atom is 0.424 e. The molecule has 1 atom stereocenters. The molecule has 4 rings (SSSR count). The lowest BCUT2D eigenvalue weighted by molar-refractivity contribution is -0.265. The van der Waals surface area contributed by atoms with Crippen LogP contribution in [0.2, 0.25) is 5.02 Å². The number of rotatable bonds is 10. The molecule has 254 valence electrons. The van der Waals surface area contributed by atoms with Crippen molar-refractivity contribution < 1.29 is 46.5 Å². The molecular formula is C33H36ClF4N3O6. The van der Waals surface area contributed by atoms with Gasteiger partial charge in [-0.2, -0.15) is 13.2 Å². The van der Waals surface area contributed by atoms with Gasteiger partial charge in [0.05, 0.1) is 41.7 Å². The van der Waals surface area contributed by atoms with Crippen LogP contribution in [-0.4, -0.2) is 53.6 Å². The zero-order valence-electron chi connectivity index (χ0n) is 26.6. The van der Waals surface area contributed by atoms with Gasteiger partial charge < -0.3 is 30.0 Å². The number of alkyl carbamates (subject to hydrolysis) is 1. The zero-order chi connectivity index (χ0) is 34.9. The van der Waals surface area contributed by atoms with E-state index in [1.165, 1.54) is 57.4 Å². The van der Waals surface area contributed by atoms with E-state index in [-0.39, 0.29) is 39.3 Å². The molecule has 14 heteroatoms. The number of hydrogen-bond donors (Lipinski definition) is 3. The number of carbonyl (C=O) groups is 2. The fourth-order valence-electron chi connectivity index (χ4n) is 4.46. The Hall–Kier alpha value is -4.10. The molecule has 2 amide bonds. The first-order valence-corrected chi connectivity index (χ1v) is 15.0. The number of benzene rings is 2. The second-order valence-electron chi connectivity index (χ2n) is 12.7. The highest BCUT2D eigenvalue weighted by molar-refractivity contribution is 6.31. The fraction of sp³-hybridized carbons (Fsp3) is 0.424. The minimum atomic E-state index is -5.36. The Kier molecular flexibility index (Phi) is 10.0. The molecule has 0 aliphatic heterocycles. The zero-order valence-corrected chi connectivity index (χ0v) is 27.4. The number of ether oxygens (including phenoxy) is 3. The molecule has 9 nitrogen and oxygen atoms in total. The van der Waals surface area contributed by atoms with Crippen LogP contribution < -0.4 is 20.1 Å². The van der Waals surface area contributed by atoms with E-state index in [0.29, 0.717) is 5.75 Å². The average Bonchev–Trinajstić information content (AvgIpc) is 3.79. The summed E-state index contributed by atoms with van der Waals surface area (Å²) in [6, 6.07) is 9.94. The molecule has 1 fully saturated rings. The van der Waals surface area contributed by atoms with Crippen LogP contribution in [0.15, 0.2) is 48.5 Å². The maximum atomic E-state index is 14.8. The minimum absolute atomic E-state index is 0.0359. The van der Waals surface area contributed by atoms with Gasteiger partial charge in [-0.05, 0) is 102 Å². The largest absolute Gasteiger partial charge is 0.493 e. The summed E-state index contributed by atoms with van der Waals surface area (Å²) in [7, 11) is 1.36. The molecule has 3 N–H and O–H groups in total. The van der Waals surface area contributed by atoms with Crippen LogP contribution in [-0.2, 0) is 15.9 Å². The van der Waals surface area contributed by atoms with Gasteiger partial charge >= 0.3 is 12.3 Å². The van der Waals surface area contributed by atoms with Crippen molar-refractivity contribution in [2.45, 2.75) is 76.5 Å². The smallest absolute Gasteiger partial charge is 0.424 e. The van der Waals surface area contributed by atoms with Crippen LogP contribution in [0.25, 0.3) is 11.3 Å². The number of alkyl halides is 3. The minimum Gasteiger partial charge on any atom is -0.493 e. The fourth-order valence-corrected chi connectivity index (χ4v) is 4.64. The Bertz CT molecular complexity index is 1660. The van der Waals surface area contributed by atoms with Gasteiger partial charge in [-0.25, -0.2) is 14.2 Å². The van der Waals surface area contributed by atoms with E-state index in [1.54, 1.807) is 20.8 Å². The number of pyridine rings is 1. The summed E-state index contributed by atoms with van der Waals surface area (Å²) in [6.45, 7) is 6.61. The summed E-state index contributed by atoms with van der Waals surface area (Å²) in [5.41, 5.74) is -6.83. The van der Waals surface area contributed by atoms with E-state index in [2.05, 4.69) is 15.6 Å². The summed E-state index contributed by atoms with van der Waals surface area (Å²) < 4.78 is 74.7. The molecule has 1 aliphatic rings. The van der Waals surface area contributed by atoms with Gasteiger partial charge in [0.2, 0.25) is 5.60 Å². The van der Waals surface area contributed by atoms with Crippen LogP contribution in [0.4, 0.5) is 22.4 Å². The van der Waals surface area contributed by atoms with Gasteiger partial charge in [-0.1, -0.05) is 11.6 Å². The standard InChI is InChI=1S/C33H36ClF4N3O6/c1-30(2,3)47-29(43)41-31(4,5)20-15-24(18-7-11-23(35)22(34)13-18)40-27(16-20)32(44,33(36,37)38)17-39-28(42)19-8-12-25(26(14-19)45-6)46-21-9-10-21/h7-8,11-16,21,44H,9-10,17H2,1-6H3,(H,39,42)(H,41,43). The topological polar surface area (TPSA) is 119 Å². The van der Waals surface area contributed by atoms with Gasteiger partial charge in [-0.15, -0.1) is 0 Å². The first-order chi connectivity index (χ1) is 21.7. The molecule has 47 heavy (non-hydrogen) atoms. The van der Waals surface area contributed by atoms with Gasteiger partial charge in [0.1, 0.15) is 11.4 Å². The van der Waals surface area contributed by atoms with Crippen LogP contribution in [0.3, 0.4) is 0 Å². The van der Waals surface area contributed by atoms with Gasteiger partial charge in [-0.3, -0.25) is 4.79 Å². The lowest BCUT2D eigenvalue weighted by Gasteiger charge is -2.33. The van der Waals surface area contributed by atoms with Crippen LogP contribution in [0.1, 0.15) is 69.1 Å². The lowest BCUT2D eigenvalue weighted by Crippen LogP contribution is -2.52. The van der Waals surface area contributed by atoms with E-state index in [0.717, 1.165) is 25.0 Å². The first kappa shape index (κ1) is 35.7. The SMILES string of the molecule is COc1cc(C(=O)NCC(O)(c2cc(C(C)(C)NC(=O)OC(C)(C)C)cc(-c3ccc(F)c(Cl)c3)n2)C(F)(F)F)ccc1OC1CC1. The van der Waals surface area contributed by atoms with Crippen molar-refractivity contribution in [3.63, 3.8) is 0 Å². The molecule has 1 heterocycles. The molecule has 1 aromatic heterocycles. The lowest BCUT2D eigenvalue weighted by atomic mass is 9.88. The third-order valence-electron chi connectivity index (χ3n) is 7.22. The summed E-state index contributed by atoms with van der Waals surface area (Å²) in [4.78, 5) is 29.8. The monoisotopic (exact) mass is 681 g/mol. The summed E-state index contributed by atoms with van der Waals surface area (Å²) in [6.07, 6.45) is -4.42. The second kappa shape index (κ2) is 13.2. The van der Waals surface area contributed by atoms with Crippen molar-refractivity contribution in [1.82, 2.24) is 15.6 Å². The second-order valence-corrected chi connectivity index (χ2v) is 13.1. The molecule has 1 aliphatic carbocycles. The van der Waals surface area contributed by atoms with Crippen molar-refractivity contribution in [2.24, 2.45) is 0 Å². The molecule has 2 aromatic carbocycles. The Morgan fingerprint density at radius 2 is 1.68 bits per heavy atom. The van der Waals surface area contributed by atoms with Crippen LogP contribution >= 0.6 is 11.6 Å². The van der Waals surface area contributed by atoms with Crippen molar-refractivity contribution in [3.8, 4) is 22.8 Å². The van der Waals surface area contributed by atoms with Crippen LogP contribution in [0, 0.1) is 5.82 Å². The van der Waals surface area contributed by atoms with Gasteiger partial charge in [0.15, 0.2) is 11.5 Å². The number of aliphatic hydroxyl groups is 1. The van der Waals surface area contributed by atoms with Gasteiger partial charge in [0, 0.05) is 11.1 Å². The number of amides is 2. The Balaban J connectivity index is 1.74. The third-order valence-corrected chi connectivity index (χ3v) is 7.51. The Morgan fingerprint density at radius 1 is 1.00 bits per heavy atom. The van der Waals surface area contributed by atoms with Crippen molar-refractivity contribution in [2.75, 3.05) is 13.7 Å². The van der Waals surface area contributed by atoms with Crippen molar-refractivity contribution in [1.29, 1.82) is 0 Å². The number of nitrogens with zero attached hydrogens (tertiary/aromatic N) is 1. The highest BCUT2D eigenvalue weighted by Gasteiger charge is 2.56. The molecule has 1 unspecified atom stereocenters. The molecule has 3 aromatic rings. The van der Waals surface area contributed by atoms with Crippen molar-refractivity contribution >= 4 is 23.6 Å². The number of nitrogens with one attached hydrogen (secondary N) is 2. The number of aromatic nitrogens is 1. The molecule has 0 radical (unpaired) electrons. The Labute approximate surface area is 274 Å². The third kappa shape index (κ3) is 8.63. The summed E-state index contributed by atoms with van der Waals surface area (Å²) in [5, 5.41) is 15.8. The maximum absolute atomic E-state index is 14.8. The summed E-state index contributed by atoms with van der Waals surface area (Å²) >= 11 is 5.96. The van der Waals surface area contributed by atoms with Crippen LogP contribution in [0.5, 0.6) is 11.5 Å². The normalized spacial score (nSPS) is 15.0.